The summed E-state index contributed by atoms with van der Waals surface area (Å²) >= 11 is 0. The number of hydrogen-bond acceptors (Lipinski definition) is 1. The fourth-order valence-electron chi connectivity index (χ4n) is 0.889. The molecule has 3 heteroatoms. The summed E-state index contributed by atoms with van der Waals surface area (Å²) < 4.78 is 12.6. The highest BCUT2D eigenvalue weighted by atomic mass is 35.5. The maximum Gasteiger partial charge on any atom is 0.123 e. The minimum atomic E-state index is -0.456. The van der Waals surface area contributed by atoms with Gasteiger partial charge in [0.15, 0.2) is 0 Å². The first kappa shape index (κ1) is 11.4. The van der Waals surface area contributed by atoms with E-state index in [4.69, 9.17) is 5.73 Å². The molecule has 0 heterocycles. The van der Waals surface area contributed by atoms with Crippen LogP contribution < -0.4 is 5.73 Å². The topological polar surface area (TPSA) is 26.0 Å². The molecule has 0 radical (unpaired) electrons. The SMILES string of the molecule is CC(C)(N)c1cccc(F)c1.Cl. The van der Waals surface area contributed by atoms with Crippen LogP contribution in [0.15, 0.2) is 24.3 Å². The van der Waals surface area contributed by atoms with Gasteiger partial charge in [-0.2, -0.15) is 0 Å². The number of hydrogen-bond donors (Lipinski definition) is 1. The van der Waals surface area contributed by atoms with Crippen molar-refractivity contribution < 1.29 is 4.39 Å². The highest BCUT2D eigenvalue weighted by molar-refractivity contribution is 5.85. The molecule has 0 spiro atoms. The van der Waals surface area contributed by atoms with Crippen LogP contribution in [0, 0.1) is 5.82 Å². The number of halogens is 2. The van der Waals surface area contributed by atoms with E-state index in [1.165, 1.54) is 12.1 Å². The molecule has 0 aromatic heterocycles. The molecule has 0 aliphatic heterocycles. The third-order valence-corrected chi connectivity index (χ3v) is 1.57. The molecule has 0 atom stereocenters. The number of rotatable bonds is 1. The van der Waals surface area contributed by atoms with Crippen LogP contribution in [0.3, 0.4) is 0 Å². The summed E-state index contributed by atoms with van der Waals surface area (Å²) in [6.45, 7) is 3.70. The van der Waals surface area contributed by atoms with Gasteiger partial charge in [-0.15, -0.1) is 12.4 Å². The highest BCUT2D eigenvalue weighted by Gasteiger charge is 2.13. The van der Waals surface area contributed by atoms with Crippen LogP contribution in [-0.4, -0.2) is 0 Å². The van der Waals surface area contributed by atoms with Crippen LogP contribution in [0.1, 0.15) is 19.4 Å². The molecule has 1 aromatic carbocycles. The standard InChI is InChI=1S/C9H12FN.ClH/c1-9(2,11)7-4-3-5-8(10)6-7;/h3-6H,11H2,1-2H3;1H. The molecule has 1 aromatic rings. The van der Waals surface area contributed by atoms with Crippen LogP contribution in [0.2, 0.25) is 0 Å². The zero-order valence-corrected chi connectivity index (χ0v) is 7.99. The third-order valence-electron chi connectivity index (χ3n) is 1.57. The summed E-state index contributed by atoms with van der Waals surface area (Å²) in [6, 6.07) is 6.36. The van der Waals surface area contributed by atoms with Gasteiger partial charge in [-0.25, -0.2) is 4.39 Å². The van der Waals surface area contributed by atoms with Gasteiger partial charge in [-0.05, 0) is 31.5 Å². The lowest BCUT2D eigenvalue weighted by Gasteiger charge is -2.18. The van der Waals surface area contributed by atoms with Gasteiger partial charge in [-0.3, -0.25) is 0 Å². The maximum atomic E-state index is 12.6. The fourth-order valence-corrected chi connectivity index (χ4v) is 0.889. The van der Waals surface area contributed by atoms with Gasteiger partial charge in [0.2, 0.25) is 0 Å². The van der Waals surface area contributed by atoms with E-state index < -0.39 is 5.54 Å². The summed E-state index contributed by atoms with van der Waals surface area (Å²) in [5.74, 6) is -0.235. The lowest BCUT2D eigenvalue weighted by atomic mass is 9.96. The van der Waals surface area contributed by atoms with Gasteiger partial charge in [0.25, 0.3) is 0 Å². The minimum absolute atomic E-state index is 0. The Labute approximate surface area is 78.2 Å². The zero-order valence-electron chi connectivity index (χ0n) is 7.17. The molecule has 1 nitrogen and oxygen atoms in total. The second-order valence-corrected chi connectivity index (χ2v) is 3.23. The molecule has 68 valence electrons. The second-order valence-electron chi connectivity index (χ2n) is 3.23. The molecule has 0 saturated heterocycles. The molecule has 12 heavy (non-hydrogen) atoms. The molecular formula is C9H13ClFN. The molecule has 0 saturated carbocycles. The molecule has 0 aliphatic carbocycles. The summed E-state index contributed by atoms with van der Waals surface area (Å²) in [4.78, 5) is 0. The minimum Gasteiger partial charge on any atom is -0.322 e. The average molecular weight is 190 g/mol. The van der Waals surface area contributed by atoms with E-state index in [2.05, 4.69) is 0 Å². The summed E-state index contributed by atoms with van der Waals surface area (Å²) in [5.41, 5.74) is 6.12. The zero-order chi connectivity index (χ0) is 8.48. The monoisotopic (exact) mass is 189 g/mol. The van der Waals surface area contributed by atoms with E-state index in [0.29, 0.717) is 0 Å². The number of nitrogens with two attached hydrogens (primary N) is 1. The van der Waals surface area contributed by atoms with Crippen molar-refractivity contribution in [3.63, 3.8) is 0 Å². The molecule has 1 rings (SSSR count). The van der Waals surface area contributed by atoms with Crippen molar-refractivity contribution >= 4 is 12.4 Å². The van der Waals surface area contributed by atoms with Crippen LogP contribution >= 0.6 is 12.4 Å². The Kier molecular flexibility index (Phi) is 3.68. The molecule has 0 fully saturated rings. The van der Waals surface area contributed by atoms with Gasteiger partial charge in [0.1, 0.15) is 5.82 Å². The molecule has 2 N–H and O–H groups in total. The van der Waals surface area contributed by atoms with Gasteiger partial charge in [-0.1, -0.05) is 12.1 Å². The van der Waals surface area contributed by atoms with Gasteiger partial charge < -0.3 is 5.73 Å². The van der Waals surface area contributed by atoms with Crippen LogP contribution in [0.25, 0.3) is 0 Å². The van der Waals surface area contributed by atoms with E-state index in [1.807, 2.05) is 19.9 Å². The predicted octanol–water partition coefficient (Wildman–Crippen LogP) is 2.44. The molecule has 0 unspecified atom stereocenters. The van der Waals surface area contributed by atoms with Crippen LogP contribution in [0.5, 0.6) is 0 Å². The molecule has 0 bridgehead atoms. The van der Waals surface area contributed by atoms with Gasteiger partial charge in [0.05, 0.1) is 0 Å². The first-order valence-electron chi connectivity index (χ1n) is 3.55. The Morgan fingerprint density at radius 2 is 1.92 bits per heavy atom. The summed E-state index contributed by atoms with van der Waals surface area (Å²) in [6.07, 6.45) is 0. The Bertz CT molecular complexity index is 255. The van der Waals surface area contributed by atoms with Crippen molar-refractivity contribution in [3.05, 3.63) is 35.6 Å². The van der Waals surface area contributed by atoms with Crippen molar-refractivity contribution in [3.8, 4) is 0 Å². The Balaban J connectivity index is 0.00000121. The lowest BCUT2D eigenvalue weighted by molar-refractivity contribution is 0.543. The first-order chi connectivity index (χ1) is 5.00. The van der Waals surface area contributed by atoms with Gasteiger partial charge >= 0.3 is 0 Å². The van der Waals surface area contributed by atoms with Crippen molar-refractivity contribution in [1.82, 2.24) is 0 Å². The molecular weight excluding hydrogens is 177 g/mol. The van der Waals surface area contributed by atoms with E-state index >= 15 is 0 Å². The van der Waals surface area contributed by atoms with Crippen molar-refractivity contribution in [2.24, 2.45) is 5.73 Å². The average Bonchev–Trinajstić information content (AvgIpc) is 1.86. The maximum absolute atomic E-state index is 12.6. The van der Waals surface area contributed by atoms with Crippen LogP contribution in [0.4, 0.5) is 4.39 Å². The lowest BCUT2D eigenvalue weighted by Crippen LogP contribution is -2.28. The fraction of sp³-hybridized carbons (Fsp3) is 0.333. The Hall–Kier alpha value is -0.600. The largest absolute Gasteiger partial charge is 0.322 e. The molecule has 0 aliphatic rings. The second kappa shape index (κ2) is 3.87. The van der Waals surface area contributed by atoms with E-state index in [0.717, 1.165) is 5.56 Å². The normalized spacial score (nSPS) is 10.7. The van der Waals surface area contributed by atoms with E-state index in [9.17, 15) is 4.39 Å². The summed E-state index contributed by atoms with van der Waals surface area (Å²) in [5, 5.41) is 0. The Morgan fingerprint density at radius 1 is 1.33 bits per heavy atom. The van der Waals surface area contributed by atoms with Crippen LogP contribution in [-0.2, 0) is 5.54 Å². The smallest absolute Gasteiger partial charge is 0.123 e. The van der Waals surface area contributed by atoms with E-state index in [-0.39, 0.29) is 18.2 Å². The van der Waals surface area contributed by atoms with Crippen molar-refractivity contribution in [2.45, 2.75) is 19.4 Å². The highest BCUT2D eigenvalue weighted by Crippen LogP contribution is 2.16. The van der Waals surface area contributed by atoms with E-state index in [1.54, 1.807) is 6.07 Å². The quantitative estimate of drug-likeness (QED) is 0.722. The Morgan fingerprint density at radius 3 is 2.25 bits per heavy atom. The molecule has 0 amide bonds. The van der Waals surface area contributed by atoms with Crippen molar-refractivity contribution in [1.29, 1.82) is 0 Å². The third kappa shape index (κ3) is 2.80. The summed E-state index contributed by atoms with van der Waals surface area (Å²) in [7, 11) is 0. The van der Waals surface area contributed by atoms with Gasteiger partial charge in [0, 0.05) is 5.54 Å². The first-order valence-corrected chi connectivity index (χ1v) is 3.55. The predicted molar refractivity (Wildman–Crippen MR) is 50.9 cm³/mol. The number of benzene rings is 1. The van der Waals surface area contributed by atoms with Crippen molar-refractivity contribution in [2.75, 3.05) is 0 Å².